The summed E-state index contributed by atoms with van der Waals surface area (Å²) in [4.78, 5) is 56.7. The third kappa shape index (κ3) is 11.1. The Kier molecular flexibility index (Phi) is 17.7. The first-order valence-electron chi connectivity index (χ1n) is 8.71. The van der Waals surface area contributed by atoms with E-state index in [1.165, 1.54) is 0 Å². The molecule has 0 aliphatic heterocycles. The van der Waals surface area contributed by atoms with Gasteiger partial charge in [0.05, 0.1) is 22.3 Å². The van der Waals surface area contributed by atoms with E-state index in [1.54, 1.807) is 0 Å². The van der Waals surface area contributed by atoms with E-state index in [9.17, 15) is 39.6 Å². The van der Waals surface area contributed by atoms with Crippen molar-refractivity contribution in [2.24, 2.45) is 0 Å². The van der Waals surface area contributed by atoms with Crippen molar-refractivity contribution in [2.45, 2.75) is 0 Å². The van der Waals surface area contributed by atoms with Gasteiger partial charge in [0, 0.05) is 11.4 Å². The molecule has 3 rings (SSSR count). The molecule has 0 saturated carbocycles. The second-order valence-corrected chi connectivity index (χ2v) is 6.66. The molecule has 2 aromatic carbocycles. The van der Waals surface area contributed by atoms with E-state index in [0.717, 1.165) is 36.4 Å². The molecule has 0 bridgehead atoms. The smallest absolute Gasteiger partial charge is 1.00 e. The molecule has 37 heavy (non-hydrogen) atoms. The number of aromatic nitrogens is 3. The first-order chi connectivity index (χ1) is 15.5. The van der Waals surface area contributed by atoms with Crippen molar-refractivity contribution in [3.63, 3.8) is 0 Å². The molecule has 3 aromatic rings. The molecule has 13 nitrogen and oxygen atoms in total. The number of hydrogen-bond donors (Lipinski definition) is 6. The fraction of sp³-hybridized carbons (Fsp3) is 0. The fourth-order valence-electron chi connectivity index (χ4n) is 2.61. The van der Waals surface area contributed by atoms with Gasteiger partial charge >= 0.3 is 142 Å². The number of aromatic carboxylic acids is 4. The van der Waals surface area contributed by atoms with Crippen LogP contribution in [0.25, 0.3) is 0 Å². The molecule has 0 radical (unpaired) electrons. The predicted molar refractivity (Wildman–Crippen MR) is 117 cm³/mol. The number of nitrogens with zero attached hydrogens (tertiary/aromatic N) is 3. The minimum absolute atomic E-state index is 0. The van der Waals surface area contributed by atoms with Crippen LogP contribution in [0.2, 0.25) is 5.28 Å². The summed E-state index contributed by atoms with van der Waals surface area (Å²) in [7, 11) is 0. The Hall–Kier alpha value is -0.780. The molecule has 0 aliphatic carbocycles. The van der Waals surface area contributed by atoms with Gasteiger partial charge in [-0.05, 0) is 48.0 Å². The maximum Gasteiger partial charge on any atom is 1.00 e. The standard InChI is InChI=1S/C19H12ClN5O8.4Na.4H/c20-17-23-18(21-11-3-7(13(26)27)1-8(4-11)14(28)29)25-19(24-17)22-12-5-9(15(30)31)2-10(6-12)16(32)33;;;;;;;;/h1-6H,(H,26,27)(H,28,29)(H,30,31)(H,32,33)(H2,21,22,23,24,25);;;;;;;;/q;4*+1;4*-1. The average Bonchev–Trinajstić information content (AvgIpc) is 2.72. The summed E-state index contributed by atoms with van der Waals surface area (Å²) < 4.78 is 0. The van der Waals surface area contributed by atoms with Crippen LogP contribution in [0.4, 0.5) is 23.3 Å². The Labute approximate surface area is 307 Å². The first-order valence-corrected chi connectivity index (χ1v) is 9.08. The van der Waals surface area contributed by atoms with Crippen LogP contribution >= 0.6 is 11.6 Å². The molecule has 0 spiro atoms. The minimum Gasteiger partial charge on any atom is -1.00 e. The summed E-state index contributed by atoms with van der Waals surface area (Å²) in [6.45, 7) is 0. The number of carbonyl (C=O) groups is 4. The van der Waals surface area contributed by atoms with Crippen LogP contribution in [0.1, 0.15) is 47.1 Å². The van der Waals surface area contributed by atoms with Crippen LogP contribution in [0.15, 0.2) is 36.4 Å². The van der Waals surface area contributed by atoms with Gasteiger partial charge in [-0.2, -0.15) is 15.0 Å². The van der Waals surface area contributed by atoms with E-state index in [2.05, 4.69) is 25.6 Å². The Balaban J connectivity index is -0.000000383. The molecule has 0 saturated heterocycles. The molecule has 0 unspecified atom stereocenters. The van der Waals surface area contributed by atoms with Crippen LogP contribution in [0.5, 0.6) is 0 Å². The molecule has 176 valence electrons. The van der Waals surface area contributed by atoms with Crippen molar-refractivity contribution in [1.29, 1.82) is 0 Å². The molecule has 1 aromatic heterocycles. The number of anilines is 4. The van der Waals surface area contributed by atoms with E-state index in [4.69, 9.17) is 11.6 Å². The normalized spacial score (nSPS) is 9.22. The predicted octanol–water partition coefficient (Wildman–Crippen LogP) is -8.73. The molecule has 1 heterocycles. The van der Waals surface area contributed by atoms with Crippen LogP contribution in [0.3, 0.4) is 0 Å². The van der Waals surface area contributed by atoms with Crippen molar-refractivity contribution in [3.05, 3.63) is 63.9 Å². The van der Waals surface area contributed by atoms with Gasteiger partial charge in [-0.15, -0.1) is 0 Å². The summed E-state index contributed by atoms with van der Waals surface area (Å²) >= 11 is 5.89. The second kappa shape index (κ2) is 17.0. The number of halogens is 1. The fourth-order valence-corrected chi connectivity index (χ4v) is 2.77. The molecule has 0 fully saturated rings. The third-order valence-corrected chi connectivity index (χ3v) is 4.14. The van der Waals surface area contributed by atoms with E-state index < -0.39 is 23.9 Å². The second-order valence-electron chi connectivity index (χ2n) is 6.32. The Morgan fingerprint density at radius 3 is 1.08 bits per heavy atom. The Morgan fingerprint density at radius 2 is 0.838 bits per heavy atom. The molecular weight excluding hydrogens is 554 g/mol. The number of carboxylic acids is 4. The quantitative estimate of drug-likeness (QED) is 0.139. The first kappa shape index (κ1) is 38.4. The number of rotatable bonds is 8. The zero-order valence-electron chi connectivity index (χ0n) is 24.1. The summed E-state index contributed by atoms with van der Waals surface area (Å²) in [5.74, 6) is -5.84. The van der Waals surface area contributed by atoms with Crippen LogP contribution in [-0.2, 0) is 0 Å². The number of nitrogens with one attached hydrogen (secondary N) is 2. The molecule has 0 atom stereocenters. The largest absolute Gasteiger partial charge is 1.00 e. The Morgan fingerprint density at radius 1 is 0.568 bits per heavy atom. The van der Waals surface area contributed by atoms with Crippen molar-refractivity contribution in [1.82, 2.24) is 15.0 Å². The van der Waals surface area contributed by atoms with Crippen molar-refractivity contribution in [3.8, 4) is 0 Å². The number of benzene rings is 2. The molecule has 0 amide bonds. The van der Waals surface area contributed by atoms with Crippen molar-refractivity contribution < 1.29 is 164 Å². The van der Waals surface area contributed by atoms with E-state index in [1.807, 2.05) is 0 Å². The monoisotopic (exact) mass is 569 g/mol. The Bertz CT molecular complexity index is 1190. The number of hydrogen-bond acceptors (Lipinski definition) is 9. The summed E-state index contributed by atoms with van der Waals surface area (Å²) in [6, 6.07) is 6.53. The van der Waals surface area contributed by atoms with Gasteiger partial charge in [0.2, 0.25) is 17.2 Å². The van der Waals surface area contributed by atoms with Crippen LogP contribution < -0.4 is 129 Å². The third-order valence-electron chi connectivity index (χ3n) is 3.97. The van der Waals surface area contributed by atoms with E-state index >= 15 is 0 Å². The SMILES string of the molecule is O=C(O)c1cc(Nc2nc(Cl)nc(Nc3cc(C(=O)O)cc(C(=O)O)c3)n2)cc(C(=O)O)c1.[H-].[H-].[H-].[H-].[Na+].[Na+].[Na+].[Na+]. The summed E-state index contributed by atoms with van der Waals surface area (Å²) in [5, 5.41) is 41.6. The topological polar surface area (TPSA) is 212 Å². The molecule has 6 N–H and O–H groups in total. The number of carboxylic acid groups (broad SMARTS) is 4. The maximum atomic E-state index is 11.3. The van der Waals surface area contributed by atoms with Gasteiger partial charge in [0.15, 0.2) is 0 Å². The van der Waals surface area contributed by atoms with E-state index in [0.29, 0.717) is 0 Å². The van der Waals surface area contributed by atoms with Gasteiger partial charge in [-0.1, -0.05) is 0 Å². The average molecular weight is 570 g/mol. The van der Waals surface area contributed by atoms with Crippen molar-refractivity contribution >= 4 is 58.7 Å². The summed E-state index contributed by atoms with van der Waals surface area (Å²) in [5.41, 5.74) is -1.15. The molecule has 0 aliphatic rings. The van der Waals surface area contributed by atoms with Crippen molar-refractivity contribution in [2.75, 3.05) is 10.6 Å². The van der Waals surface area contributed by atoms with Gasteiger partial charge in [0.25, 0.3) is 0 Å². The molecular formula is C19H16ClN5Na4O8. The van der Waals surface area contributed by atoms with Gasteiger partial charge in [0.1, 0.15) is 0 Å². The van der Waals surface area contributed by atoms with Gasteiger partial charge in [-0.3, -0.25) is 0 Å². The summed E-state index contributed by atoms with van der Waals surface area (Å²) in [6.07, 6.45) is 0. The zero-order valence-corrected chi connectivity index (χ0v) is 28.9. The van der Waals surface area contributed by atoms with Crippen LogP contribution in [0, 0.1) is 0 Å². The minimum atomic E-state index is -1.36. The maximum absolute atomic E-state index is 11.3. The van der Waals surface area contributed by atoms with Gasteiger partial charge < -0.3 is 36.8 Å². The molecule has 18 heteroatoms. The van der Waals surface area contributed by atoms with E-state index in [-0.39, 0.29) is 175 Å². The van der Waals surface area contributed by atoms with Crippen LogP contribution in [-0.4, -0.2) is 59.3 Å². The zero-order chi connectivity index (χ0) is 24.3. The van der Waals surface area contributed by atoms with Gasteiger partial charge in [-0.25, -0.2) is 19.2 Å².